The Balaban J connectivity index is 3.86. The molecular formula is C13H27N3O2. The minimum Gasteiger partial charge on any atom is -0.354 e. The lowest BCUT2D eigenvalue weighted by Crippen LogP contribution is -2.47. The van der Waals surface area contributed by atoms with Crippen molar-refractivity contribution in [2.75, 3.05) is 13.1 Å². The molecule has 0 fully saturated rings. The molecule has 4 N–H and O–H groups in total. The van der Waals surface area contributed by atoms with E-state index in [1.807, 2.05) is 34.6 Å². The van der Waals surface area contributed by atoms with E-state index in [9.17, 15) is 9.59 Å². The van der Waals surface area contributed by atoms with E-state index in [0.29, 0.717) is 13.1 Å². The first-order chi connectivity index (χ1) is 8.20. The molecule has 5 nitrogen and oxygen atoms in total. The van der Waals surface area contributed by atoms with Gasteiger partial charge in [0, 0.05) is 18.5 Å². The number of carbonyl (C=O) groups is 2. The molecule has 0 spiro atoms. The van der Waals surface area contributed by atoms with Gasteiger partial charge in [0.25, 0.3) is 0 Å². The molecule has 2 amide bonds. The first-order valence-corrected chi connectivity index (χ1v) is 6.51. The Morgan fingerprint density at radius 1 is 1.17 bits per heavy atom. The second-order valence-electron chi connectivity index (χ2n) is 5.71. The van der Waals surface area contributed by atoms with Gasteiger partial charge < -0.3 is 16.4 Å². The highest BCUT2D eigenvalue weighted by molar-refractivity contribution is 5.82. The molecule has 0 aromatic carbocycles. The second-order valence-corrected chi connectivity index (χ2v) is 5.71. The number of hydrogen-bond acceptors (Lipinski definition) is 3. The van der Waals surface area contributed by atoms with Gasteiger partial charge in [0.05, 0.1) is 6.04 Å². The number of amides is 2. The molecule has 0 aliphatic heterocycles. The highest BCUT2D eigenvalue weighted by Crippen LogP contribution is 2.11. The molecule has 0 rings (SSSR count). The van der Waals surface area contributed by atoms with Gasteiger partial charge in [-0.05, 0) is 5.92 Å². The van der Waals surface area contributed by atoms with Gasteiger partial charge in [-0.25, -0.2) is 0 Å². The predicted molar refractivity (Wildman–Crippen MR) is 72.9 cm³/mol. The van der Waals surface area contributed by atoms with E-state index < -0.39 is 11.5 Å². The summed E-state index contributed by atoms with van der Waals surface area (Å²) in [6.45, 7) is 10.3. The van der Waals surface area contributed by atoms with Gasteiger partial charge in [-0.1, -0.05) is 41.0 Å². The Bertz CT molecular complexity index is 284. The molecule has 0 aromatic rings. The molecule has 0 bridgehead atoms. The first-order valence-electron chi connectivity index (χ1n) is 6.51. The maximum absolute atomic E-state index is 11.6. The Kier molecular flexibility index (Phi) is 6.91. The van der Waals surface area contributed by atoms with E-state index in [1.165, 1.54) is 0 Å². The molecule has 2 unspecified atom stereocenters. The van der Waals surface area contributed by atoms with E-state index in [0.717, 1.165) is 6.42 Å². The van der Waals surface area contributed by atoms with Gasteiger partial charge in [0.1, 0.15) is 0 Å². The Morgan fingerprint density at radius 3 is 2.11 bits per heavy atom. The summed E-state index contributed by atoms with van der Waals surface area (Å²) < 4.78 is 0. The van der Waals surface area contributed by atoms with E-state index in [-0.39, 0.29) is 17.7 Å². The van der Waals surface area contributed by atoms with Crippen LogP contribution < -0.4 is 16.4 Å². The van der Waals surface area contributed by atoms with Crippen molar-refractivity contribution in [3.63, 3.8) is 0 Å². The summed E-state index contributed by atoms with van der Waals surface area (Å²) in [5.74, 6) is -0.0218. The number of hydrogen-bond donors (Lipinski definition) is 3. The average molecular weight is 257 g/mol. The van der Waals surface area contributed by atoms with E-state index in [1.54, 1.807) is 0 Å². The minimum atomic E-state index is -0.478. The molecule has 0 aliphatic carbocycles. The molecule has 2 atom stereocenters. The van der Waals surface area contributed by atoms with E-state index >= 15 is 0 Å². The SMILES string of the molecule is CCC(C)C(N)C(=O)NCCNC(=O)C(C)(C)C. The lowest BCUT2D eigenvalue weighted by atomic mass is 9.96. The molecule has 18 heavy (non-hydrogen) atoms. The zero-order valence-electron chi connectivity index (χ0n) is 12.2. The minimum absolute atomic E-state index is 0.0250. The van der Waals surface area contributed by atoms with Crippen LogP contribution >= 0.6 is 0 Å². The summed E-state index contributed by atoms with van der Waals surface area (Å²) in [4.78, 5) is 23.2. The van der Waals surface area contributed by atoms with Crippen molar-refractivity contribution >= 4 is 11.8 Å². The van der Waals surface area contributed by atoms with Crippen LogP contribution in [0.25, 0.3) is 0 Å². The number of carbonyl (C=O) groups excluding carboxylic acids is 2. The van der Waals surface area contributed by atoms with E-state index in [2.05, 4.69) is 10.6 Å². The van der Waals surface area contributed by atoms with Crippen molar-refractivity contribution < 1.29 is 9.59 Å². The summed E-state index contributed by atoms with van der Waals surface area (Å²) in [6.07, 6.45) is 0.870. The summed E-state index contributed by atoms with van der Waals surface area (Å²) >= 11 is 0. The van der Waals surface area contributed by atoms with Gasteiger partial charge in [-0.2, -0.15) is 0 Å². The van der Waals surface area contributed by atoms with Crippen LogP contribution in [0.4, 0.5) is 0 Å². The van der Waals surface area contributed by atoms with Crippen molar-refractivity contribution in [1.82, 2.24) is 10.6 Å². The summed E-state index contributed by atoms with van der Waals surface area (Å²) in [5, 5.41) is 5.49. The molecule has 5 heteroatoms. The number of rotatable bonds is 6. The summed E-state index contributed by atoms with van der Waals surface area (Å²) in [5.41, 5.74) is 5.38. The molecule has 0 aromatic heterocycles. The highest BCUT2D eigenvalue weighted by atomic mass is 16.2. The average Bonchev–Trinajstić information content (AvgIpc) is 2.30. The fourth-order valence-electron chi connectivity index (χ4n) is 1.26. The monoisotopic (exact) mass is 257 g/mol. The van der Waals surface area contributed by atoms with Crippen LogP contribution in [-0.2, 0) is 9.59 Å². The van der Waals surface area contributed by atoms with Crippen molar-refractivity contribution in [1.29, 1.82) is 0 Å². The second kappa shape index (κ2) is 7.36. The predicted octanol–water partition coefficient (Wildman–Crippen LogP) is 0.638. The molecule has 0 saturated heterocycles. The van der Waals surface area contributed by atoms with Crippen molar-refractivity contribution in [3.8, 4) is 0 Å². The third-order valence-corrected chi connectivity index (χ3v) is 2.95. The molecule has 0 saturated carbocycles. The Hall–Kier alpha value is -1.10. The molecule has 0 aliphatic rings. The van der Waals surface area contributed by atoms with Crippen LogP contribution in [0.1, 0.15) is 41.0 Å². The Labute approximate surface area is 110 Å². The fourth-order valence-corrected chi connectivity index (χ4v) is 1.26. The first kappa shape index (κ1) is 16.9. The maximum atomic E-state index is 11.6. The van der Waals surface area contributed by atoms with Crippen LogP contribution in [-0.4, -0.2) is 30.9 Å². The molecule has 0 radical (unpaired) electrons. The lowest BCUT2D eigenvalue weighted by Gasteiger charge is -2.19. The van der Waals surface area contributed by atoms with Crippen LogP contribution in [0.2, 0.25) is 0 Å². The number of nitrogens with two attached hydrogens (primary N) is 1. The van der Waals surface area contributed by atoms with Crippen LogP contribution in [0.5, 0.6) is 0 Å². The largest absolute Gasteiger partial charge is 0.354 e. The van der Waals surface area contributed by atoms with Crippen LogP contribution in [0, 0.1) is 11.3 Å². The lowest BCUT2D eigenvalue weighted by molar-refractivity contribution is -0.129. The maximum Gasteiger partial charge on any atom is 0.237 e. The number of nitrogens with one attached hydrogen (secondary N) is 2. The normalized spacial score (nSPS) is 14.8. The van der Waals surface area contributed by atoms with Crippen molar-refractivity contribution in [3.05, 3.63) is 0 Å². The van der Waals surface area contributed by atoms with Crippen LogP contribution in [0.15, 0.2) is 0 Å². The fraction of sp³-hybridized carbons (Fsp3) is 0.846. The van der Waals surface area contributed by atoms with Crippen molar-refractivity contribution in [2.45, 2.75) is 47.1 Å². The van der Waals surface area contributed by atoms with Gasteiger partial charge in [0.2, 0.25) is 11.8 Å². The summed E-state index contributed by atoms with van der Waals surface area (Å²) in [7, 11) is 0. The third kappa shape index (κ3) is 6.00. The summed E-state index contributed by atoms with van der Waals surface area (Å²) in [6, 6.07) is -0.478. The smallest absolute Gasteiger partial charge is 0.237 e. The van der Waals surface area contributed by atoms with E-state index in [4.69, 9.17) is 5.73 Å². The zero-order chi connectivity index (χ0) is 14.3. The Morgan fingerprint density at radius 2 is 1.67 bits per heavy atom. The molecule has 106 valence electrons. The third-order valence-electron chi connectivity index (χ3n) is 2.95. The zero-order valence-corrected chi connectivity index (χ0v) is 12.2. The topological polar surface area (TPSA) is 84.2 Å². The van der Waals surface area contributed by atoms with Crippen molar-refractivity contribution in [2.24, 2.45) is 17.1 Å². The highest BCUT2D eigenvalue weighted by Gasteiger charge is 2.21. The molecular weight excluding hydrogens is 230 g/mol. The quantitative estimate of drug-likeness (QED) is 0.610. The van der Waals surface area contributed by atoms with Gasteiger partial charge in [-0.3, -0.25) is 9.59 Å². The standard InChI is InChI=1S/C13H27N3O2/c1-6-9(2)10(14)11(17)15-7-8-16-12(18)13(3,4)5/h9-10H,6-8,14H2,1-5H3,(H,15,17)(H,16,18). The van der Waals surface area contributed by atoms with Gasteiger partial charge in [-0.15, -0.1) is 0 Å². The molecule has 0 heterocycles. The van der Waals surface area contributed by atoms with Crippen LogP contribution in [0.3, 0.4) is 0 Å². The van der Waals surface area contributed by atoms with Gasteiger partial charge >= 0.3 is 0 Å². The van der Waals surface area contributed by atoms with Gasteiger partial charge in [0.15, 0.2) is 0 Å².